The zero-order valence-corrected chi connectivity index (χ0v) is 15.9. The van der Waals surface area contributed by atoms with Crippen LogP contribution in [-0.4, -0.2) is 30.9 Å². The average Bonchev–Trinajstić information content (AvgIpc) is 3.56. The summed E-state index contributed by atoms with van der Waals surface area (Å²) < 4.78 is 4.72. The molecule has 1 aliphatic heterocycles. The van der Waals surface area contributed by atoms with Gasteiger partial charge in [0.1, 0.15) is 6.04 Å². The van der Waals surface area contributed by atoms with Crippen LogP contribution in [0.1, 0.15) is 35.7 Å². The molecule has 1 aliphatic carbocycles. The van der Waals surface area contributed by atoms with Gasteiger partial charge in [0, 0.05) is 5.92 Å². The lowest BCUT2D eigenvalue weighted by molar-refractivity contribution is -0.125. The molecule has 0 aromatic heterocycles. The Morgan fingerprint density at radius 3 is 2.29 bits per heavy atom. The Bertz CT molecular complexity index is 934. The minimum atomic E-state index is -0.544. The molecule has 4 rings (SSSR count). The topological polar surface area (TPSA) is 66.9 Å². The summed E-state index contributed by atoms with van der Waals surface area (Å²) in [4.78, 5) is 40.9. The van der Waals surface area contributed by atoms with E-state index >= 15 is 0 Å². The van der Waals surface area contributed by atoms with E-state index in [4.69, 9.17) is 4.74 Å². The number of carbonyl (C=O) groups is 3. The first-order valence-corrected chi connectivity index (χ1v) is 9.42. The molecule has 1 heterocycles. The van der Waals surface area contributed by atoms with Gasteiger partial charge in [0.05, 0.1) is 30.6 Å². The van der Waals surface area contributed by atoms with Crippen LogP contribution in [-0.2, 0) is 20.9 Å². The molecular formula is C22H22N2O4. The summed E-state index contributed by atoms with van der Waals surface area (Å²) in [5, 5.41) is 0. The van der Waals surface area contributed by atoms with Gasteiger partial charge in [-0.25, -0.2) is 4.79 Å². The molecule has 6 heteroatoms. The molecule has 1 saturated carbocycles. The van der Waals surface area contributed by atoms with Gasteiger partial charge in [-0.05, 0) is 49.6 Å². The highest BCUT2D eigenvalue weighted by Crippen LogP contribution is 2.41. The standard InChI is InChI=1S/C22H22N2O4/c1-14-20(25)23(13-15-7-9-17(10-8-15)22(27)28-2)18-5-3-4-6-19(18)24(14)21(26)16-11-12-16/h3-10,14,16H,11-13H2,1-2H3/t14-/m1/s1. The summed E-state index contributed by atoms with van der Waals surface area (Å²) in [6.07, 6.45) is 1.79. The van der Waals surface area contributed by atoms with Gasteiger partial charge in [-0.15, -0.1) is 0 Å². The minimum Gasteiger partial charge on any atom is -0.465 e. The van der Waals surface area contributed by atoms with Crippen LogP contribution in [0.2, 0.25) is 0 Å². The van der Waals surface area contributed by atoms with Crippen molar-refractivity contribution in [3.63, 3.8) is 0 Å². The molecule has 0 N–H and O–H groups in total. The van der Waals surface area contributed by atoms with Gasteiger partial charge < -0.3 is 9.64 Å². The highest BCUT2D eigenvalue weighted by Gasteiger charge is 2.43. The second-order valence-electron chi connectivity index (χ2n) is 7.26. The monoisotopic (exact) mass is 378 g/mol. The lowest BCUT2D eigenvalue weighted by Crippen LogP contribution is -2.54. The smallest absolute Gasteiger partial charge is 0.337 e. The average molecular weight is 378 g/mol. The minimum absolute atomic E-state index is 0.0374. The maximum absolute atomic E-state index is 13.1. The number of amides is 2. The molecule has 6 nitrogen and oxygen atoms in total. The molecule has 0 radical (unpaired) electrons. The van der Waals surface area contributed by atoms with E-state index in [1.165, 1.54) is 7.11 Å². The fourth-order valence-electron chi connectivity index (χ4n) is 3.61. The van der Waals surface area contributed by atoms with Crippen LogP contribution in [0.25, 0.3) is 0 Å². The van der Waals surface area contributed by atoms with E-state index in [1.807, 2.05) is 36.4 Å². The molecule has 2 aromatic carbocycles. The predicted molar refractivity (Wildman–Crippen MR) is 105 cm³/mol. The van der Waals surface area contributed by atoms with E-state index in [9.17, 15) is 14.4 Å². The van der Waals surface area contributed by atoms with Crippen molar-refractivity contribution < 1.29 is 19.1 Å². The highest BCUT2D eigenvalue weighted by molar-refractivity contribution is 6.13. The van der Waals surface area contributed by atoms with Gasteiger partial charge in [-0.1, -0.05) is 24.3 Å². The molecule has 0 unspecified atom stereocenters. The number of nitrogens with zero attached hydrogens (tertiary/aromatic N) is 2. The maximum Gasteiger partial charge on any atom is 0.337 e. The third kappa shape index (κ3) is 3.15. The fourth-order valence-corrected chi connectivity index (χ4v) is 3.61. The largest absolute Gasteiger partial charge is 0.465 e. The Hall–Kier alpha value is -3.15. The molecule has 2 amide bonds. The van der Waals surface area contributed by atoms with E-state index in [1.54, 1.807) is 28.9 Å². The SMILES string of the molecule is COC(=O)c1ccc(CN2C(=O)[C@@H](C)N(C(=O)C3CC3)c3ccccc32)cc1. The molecule has 1 atom stereocenters. The van der Waals surface area contributed by atoms with Crippen molar-refractivity contribution in [3.8, 4) is 0 Å². The Morgan fingerprint density at radius 1 is 1.04 bits per heavy atom. The molecule has 2 aromatic rings. The van der Waals surface area contributed by atoms with Crippen LogP contribution in [0.15, 0.2) is 48.5 Å². The van der Waals surface area contributed by atoms with Crippen LogP contribution >= 0.6 is 0 Å². The summed E-state index contributed by atoms with van der Waals surface area (Å²) in [6.45, 7) is 2.15. The lowest BCUT2D eigenvalue weighted by Gasteiger charge is -2.40. The molecule has 0 spiro atoms. The molecule has 28 heavy (non-hydrogen) atoms. The summed E-state index contributed by atoms with van der Waals surface area (Å²) in [7, 11) is 1.34. The number of benzene rings is 2. The van der Waals surface area contributed by atoms with Gasteiger partial charge in [0.25, 0.3) is 0 Å². The number of anilines is 2. The Balaban J connectivity index is 1.65. The second-order valence-corrected chi connectivity index (χ2v) is 7.26. The number of ether oxygens (including phenoxy) is 1. The normalized spacial score (nSPS) is 18.6. The van der Waals surface area contributed by atoms with Crippen molar-refractivity contribution in [1.29, 1.82) is 0 Å². The van der Waals surface area contributed by atoms with Crippen molar-refractivity contribution in [3.05, 3.63) is 59.7 Å². The number of hydrogen-bond donors (Lipinski definition) is 0. The van der Waals surface area contributed by atoms with Gasteiger partial charge in [-0.2, -0.15) is 0 Å². The van der Waals surface area contributed by atoms with E-state index in [0.717, 1.165) is 29.8 Å². The quantitative estimate of drug-likeness (QED) is 0.767. The summed E-state index contributed by atoms with van der Waals surface area (Å²) in [6, 6.07) is 14.0. The van der Waals surface area contributed by atoms with Crippen molar-refractivity contribution in [1.82, 2.24) is 0 Å². The summed E-state index contributed by atoms with van der Waals surface area (Å²) >= 11 is 0. The van der Waals surface area contributed by atoms with Gasteiger partial charge in [0.2, 0.25) is 11.8 Å². The molecule has 2 aliphatic rings. The first kappa shape index (κ1) is 18.2. The van der Waals surface area contributed by atoms with Gasteiger partial charge in [0.15, 0.2) is 0 Å². The van der Waals surface area contributed by atoms with Gasteiger partial charge >= 0.3 is 5.97 Å². The fraction of sp³-hybridized carbons (Fsp3) is 0.318. The zero-order valence-electron chi connectivity index (χ0n) is 15.9. The summed E-state index contributed by atoms with van der Waals surface area (Å²) in [5.74, 6) is -0.422. The number of para-hydroxylation sites is 2. The zero-order chi connectivity index (χ0) is 19.8. The van der Waals surface area contributed by atoms with Crippen LogP contribution < -0.4 is 9.80 Å². The third-order valence-corrected chi connectivity index (χ3v) is 5.32. The van der Waals surface area contributed by atoms with Crippen molar-refractivity contribution in [2.75, 3.05) is 16.9 Å². The van der Waals surface area contributed by atoms with E-state index in [-0.39, 0.29) is 17.7 Å². The van der Waals surface area contributed by atoms with Crippen molar-refractivity contribution in [2.45, 2.75) is 32.4 Å². The number of fused-ring (bicyclic) bond motifs is 1. The number of hydrogen-bond acceptors (Lipinski definition) is 4. The number of esters is 1. The third-order valence-electron chi connectivity index (χ3n) is 5.32. The van der Waals surface area contributed by atoms with Crippen LogP contribution in [0.3, 0.4) is 0 Å². The Labute approximate surface area is 163 Å². The maximum atomic E-state index is 13.1. The van der Waals surface area contributed by atoms with Crippen molar-refractivity contribution >= 4 is 29.2 Å². The Kier molecular flexibility index (Phi) is 4.63. The van der Waals surface area contributed by atoms with E-state index < -0.39 is 12.0 Å². The van der Waals surface area contributed by atoms with Gasteiger partial charge in [-0.3, -0.25) is 14.5 Å². The first-order chi connectivity index (χ1) is 13.5. The first-order valence-electron chi connectivity index (χ1n) is 9.42. The molecule has 1 fully saturated rings. The molecule has 0 bridgehead atoms. The van der Waals surface area contributed by atoms with E-state index in [2.05, 4.69) is 0 Å². The molecule has 144 valence electrons. The number of carbonyl (C=O) groups excluding carboxylic acids is 3. The highest BCUT2D eigenvalue weighted by atomic mass is 16.5. The predicted octanol–water partition coefficient (Wildman–Crippen LogP) is 3.15. The number of methoxy groups -OCH3 is 1. The summed E-state index contributed by atoms with van der Waals surface area (Å²) in [5.41, 5.74) is 2.87. The van der Waals surface area contributed by atoms with Crippen LogP contribution in [0, 0.1) is 5.92 Å². The number of rotatable bonds is 4. The van der Waals surface area contributed by atoms with E-state index in [0.29, 0.717) is 12.1 Å². The molecule has 0 saturated heterocycles. The van der Waals surface area contributed by atoms with Crippen LogP contribution in [0.5, 0.6) is 0 Å². The van der Waals surface area contributed by atoms with Crippen LogP contribution in [0.4, 0.5) is 11.4 Å². The Morgan fingerprint density at radius 2 is 1.68 bits per heavy atom. The lowest BCUT2D eigenvalue weighted by atomic mass is 10.0. The van der Waals surface area contributed by atoms with Crippen molar-refractivity contribution in [2.24, 2.45) is 5.92 Å². The molecular weight excluding hydrogens is 356 g/mol. The second kappa shape index (κ2) is 7.11.